The van der Waals surface area contributed by atoms with E-state index < -0.39 is 5.60 Å². The SMILES string of the molecule is C[C@H]1CCCC[NH+]1CC#CC(O)(c1ccccc1)c1ccccc1. The lowest BCUT2D eigenvalue weighted by atomic mass is 9.87. The number of aliphatic hydroxyl groups is 1. The van der Waals surface area contributed by atoms with Crippen LogP contribution >= 0.6 is 0 Å². The number of rotatable bonds is 3. The molecule has 2 atom stereocenters. The predicted octanol–water partition coefficient (Wildman–Crippen LogP) is 2.38. The molecule has 124 valence electrons. The monoisotopic (exact) mass is 320 g/mol. The number of piperidine rings is 1. The summed E-state index contributed by atoms with van der Waals surface area (Å²) in [5, 5.41) is 11.4. The number of nitrogens with one attached hydrogen (secondary N) is 1. The summed E-state index contributed by atoms with van der Waals surface area (Å²) < 4.78 is 0. The van der Waals surface area contributed by atoms with E-state index in [1.807, 2.05) is 60.7 Å². The summed E-state index contributed by atoms with van der Waals surface area (Å²) in [7, 11) is 0. The highest BCUT2D eigenvalue weighted by molar-refractivity contribution is 5.44. The van der Waals surface area contributed by atoms with E-state index in [0.29, 0.717) is 6.04 Å². The van der Waals surface area contributed by atoms with E-state index in [0.717, 1.165) is 17.7 Å². The van der Waals surface area contributed by atoms with Crippen LogP contribution in [0.3, 0.4) is 0 Å². The second kappa shape index (κ2) is 7.66. The number of hydrogen-bond acceptors (Lipinski definition) is 1. The van der Waals surface area contributed by atoms with Crippen LogP contribution in [0.1, 0.15) is 37.3 Å². The summed E-state index contributed by atoms with van der Waals surface area (Å²) in [5.41, 5.74) is 0.400. The Labute approximate surface area is 145 Å². The van der Waals surface area contributed by atoms with Gasteiger partial charge in [0.1, 0.15) is 6.54 Å². The Balaban J connectivity index is 1.88. The smallest absolute Gasteiger partial charge is 0.177 e. The molecule has 2 nitrogen and oxygen atoms in total. The average molecular weight is 320 g/mol. The largest absolute Gasteiger partial charge is 0.369 e. The van der Waals surface area contributed by atoms with Crippen molar-refractivity contribution in [2.45, 2.75) is 37.8 Å². The Morgan fingerprint density at radius 2 is 1.58 bits per heavy atom. The zero-order valence-corrected chi connectivity index (χ0v) is 14.3. The topological polar surface area (TPSA) is 24.7 Å². The van der Waals surface area contributed by atoms with Gasteiger partial charge >= 0.3 is 0 Å². The highest BCUT2D eigenvalue weighted by atomic mass is 16.3. The second-order valence-corrected chi connectivity index (χ2v) is 6.73. The lowest BCUT2D eigenvalue weighted by Crippen LogP contribution is -3.16. The predicted molar refractivity (Wildman–Crippen MR) is 97.7 cm³/mol. The highest BCUT2D eigenvalue weighted by Crippen LogP contribution is 2.28. The van der Waals surface area contributed by atoms with Crippen LogP contribution in [0.15, 0.2) is 60.7 Å². The number of likely N-dealkylation sites (tertiary alicyclic amines) is 1. The van der Waals surface area contributed by atoms with Crippen molar-refractivity contribution in [3.63, 3.8) is 0 Å². The quantitative estimate of drug-likeness (QED) is 0.834. The maximum atomic E-state index is 11.4. The Hall–Kier alpha value is -2.08. The first-order valence-electron chi connectivity index (χ1n) is 8.88. The third-order valence-corrected chi connectivity index (χ3v) is 5.05. The van der Waals surface area contributed by atoms with Gasteiger partial charge in [-0.1, -0.05) is 66.6 Å². The van der Waals surface area contributed by atoms with Crippen molar-refractivity contribution in [3.8, 4) is 11.8 Å². The highest BCUT2D eigenvalue weighted by Gasteiger charge is 2.29. The minimum absolute atomic E-state index is 0.662. The molecule has 24 heavy (non-hydrogen) atoms. The molecule has 0 saturated carbocycles. The van der Waals surface area contributed by atoms with Gasteiger partial charge in [-0.3, -0.25) is 0 Å². The zero-order valence-electron chi connectivity index (χ0n) is 14.3. The Morgan fingerprint density at radius 1 is 1.00 bits per heavy atom. The molecule has 2 N–H and O–H groups in total. The molecule has 2 aromatic carbocycles. The molecule has 1 aliphatic heterocycles. The van der Waals surface area contributed by atoms with E-state index >= 15 is 0 Å². The van der Waals surface area contributed by atoms with E-state index in [4.69, 9.17) is 0 Å². The molecule has 1 fully saturated rings. The third kappa shape index (κ3) is 3.70. The summed E-state index contributed by atoms with van der Waals surface area (Å²) in [5.74, 6) is 6.47. The van der Waals surface area contributed by atoms with Crippen LogP contribution in [0.2, 0.25) is 0 Å². The minimum atomic E-state index is -1.25. The van der Waals surface area contributed by atoms with Crippen molar-refractivity contribution in [3.05, 3.63) is 71.8 Å². The third-order valence-electron chi connectivity index (χ3n) is 5.05. The van der Waals surface area contributed by atoms with E-state index in [1.54, 1.807) is 0 Å². The molecule has 2 aromatic rings. The first-order valence-corrected chi connectivity index (χ1v) is 8.88. The van der Waals surface area contributed by atoms with E-state index in [-0.39, 0.29) is 0 Å². The summed E-state index contributed by atoms with van der Waals surface area (Å²) in [4.78, 5) is 1.54. The van der Waals surface area contributed by atoms with Crippen molar-refractivity contribution < 1.29 is 10.0 Å². The van der Waals surface area contributed by atoms with Gasteiger partial charge in [0.15, 0.2) is 5.60 Å². The Bertz CT molecular complexity index is 659. The molecule has 0 amide bonds. The van der Waals surface area contributed by atoms with Crippen molar-refractivity contribution in [2.24, 2.45) is 0 Å². The van der Waals surface area contributed by atoms with Gasteiger partial charge in [0.05, 0.1) is 12.6 Å². The van der Waals surface area contributed by atoms with Gasteiger partial charge in [-0.2, -0.15) is 0 Å². The molecule has 1 aliphatic rings. The zero-order chi connectivity index (χ0) is 16.8. The fraction of sp³-hybridized carbons (Fsp3) is 0.364. The van der Waals surface area contributed by atoms with E-state index in [1.165, 1.54) is 30.7 Å². The fourth-order valence-electron chi connectivity index (χ4n) is 3.47. The molecule has 0 aromatic heterocycles. The van der Waals surface area contributed by atoms with Crippen LogP contribution in [-0.4, -0.2) is 24.2 Å². The maximum absolute atomic E-state index is 11.4. The van der Waals surface area contributed by atoms with Crippen LogP contribution in [0.5, 0.6) is 0 Å². The van der Waals surface area contributed by atoms with Gasteiger partial charge in [0.25, 0.3) is 0 Å². The van der Waals surface area contributed by atoms with Gasteiger partial charge in [0.2, 0.25) is 0 Å². The standard InChI is InChI=1S/C22H25NO/c1-19-11-8-9-17-23(19)18-10-16-22(24,20-12-4-2-5-13-20)21-14-6-3-7-15-21/h2-7,12-15,19,24H,8-9,11,17-18H2,1H3/p+1/t19-/m0/s1. The minimum Gasteiger partial charge on any atom is -0.369 e. The van der Waals surface area contributed by atoms with Crippen LogP contribution in [0.4, 0.5) is 0 Å². The summed E-state index contributed by atoms with van der Waals surface area (Å²) in [6.45, 7) is 4.28. The normalized spacial score (nSPS) is 20.9. The number of hydrogen-bond donors (Lipinski definition) is 2. The maximum Gasteiger partial charge on any atom is 0.177 e. The van der Waals surface area contributed by atoms with E-state index in [2.05, 4.69) is 18.8 Å². The van der Waals surface area contributed by atoms with Gasteiger partial charge in [-0.25, -0.2) is 0 Å². The molecular weight excluding hydrogens is 294 g/mol. The summed E-state index contributed by atoms with van der Waals surface area (Å²) in [6, 6.07) is 20.1. The summed E-state index contributed by atoms with van der Waals surface area (Å²) >= 11 is 0. The molecule has 0 bridgehead atoms. The molecule has 1 saturated heterocycles. The number of quaternary nitrogens is 1. The molecule has 0 spiro atoms. The Kier molecular flexibility index (Phi) is 5.35. The van der Waals surface area contributed by atoms with Gasteiger partial charge in [0, 0.05) is 11.1 Å². The van der Waals surface area contributed by atoms with E-state index in [9.17, 15) is 5.11 Å². The number of benzene rings is 2. The Morgan fingerprint density at radius 3 is 2.12 bits per heavy atom. The molecule has 2 heteroatoms. The van der Waals surface area contributed by atoms with Gasteiger partial charge in [-0.05, 0) is 32.1 Å². The van der Waals surface area contributed by atoms with Gasteiger partial charge < -0.3 is 10.0 Å². The average Bonchev–Trinajstić information content (AvgIpc) is 2.64. The van der Waals surface area contributed by atoms with Crippen molar-refractivity contribution >= 4 is 0 Å². The van der Waals surface area contributed by atoms with Crippen LogP contribution in [0, 0.1) is 11.8 Å². The lowest BCUT2D eigenvalue weighted by molar-refractivity contribution is -0.921. The van der Waals surface area contributed by atoms with Crippen molar-refractivity contribution in [1.82, 2.24) is 0 Å². The molecule has 1 unspecified atom stereocenters. The molecule has 3 rings (SSSR count). The van der Waals surface area contributed by atoms with Crippen molar-refractivity contribution in [2.75, 3.05) is 13.1 Å². The first-order chi connectivity index (χ1) is 11.7. The van der Waals surface area contributed by atoms with Crippen LogP contribution < -0.4 is 4.90 Å². The fourth-order valence-corrected chi connectivity index (χ4v) is 3.47. The molecule has 1 heterocycles. The van der Waals surface area contributed by atoms with Crippen LogP contribution in [0.25, 0.3) is 0 Å². The van der Waals surface area contributed by atoms with Crippen LogP contribution in [-0.2, 0) is 5.60 Å². The first kappa shape index (κ1) is 16.8. The molecular formula is C22H26NO+. The lowest BCUT2D eigenvalue weighted by Gasteiger charge is -2.28. The summed E-state index contributed by atoms with van der Waals surface area (Å²) in [6.07, 6.45) is 3.89. The van der Waals surface area contributed by atoms with Crippen molar-refractivity contribution in [1.29, 1.82) is 0 Å². The van der Waals surface area contributed by atoms with Gasteiger partial charge in [-0.15, -0.1) is 0 Å². The molecule has 0 aliphatic carbocycles. The molecule has 0 radical (unpaired) electrons. The second-order valence-electron chi connectivity index (χ2n) is 6.73.